The van der Waals surface area contributed by atoms with Crippen LogP contribution >= 0.6 is 15.9 Å². The van der Waals surface area contributed by atoms with Gasteiger partial charge >= 0.3 is 18.1 Å². The first-order chi connectivity index (χ1) is 17.6. The highest BCUT2D eigenvalue weighted by atomic mass is 79.9. The molecule has 1 N–H and O–H groups in total. The fraction of sp³-hybridized carbons (Fsp3) is 0.292. The molecule has 0 aliphatic carbocycles. The van der Waals surface area contributed by atoms with Crippen LogP contribution in [0.25, 0.3) is 11.2 Å². The minimum atomic E-state index is -4.88. The van der Waals surface area contributed by atoms with Crippen LogP contribution in [0.4, 0.5) is 13.2 Å². The van der Waals surface area contributed by atoms with E-state index in [1.54, 1.807) is 0 Å². The number of imidazole rings is 1. The van der Waals surface area contributed by atoms with Gasteiger partial charge in [-0.15, -0.1) is 13.2 Å². The van der Waals surface area contributed by atoms with Crippen molar-refractivity contribution < 1.29 is 27.8 Å². The molecule has 37 heavy (non-hydrogen) atoms. The Labute approximate surface area is 216 Å². The zero-order valence-corrected chi connectivity index (χ0v) is 21.1. The summed E-state index contributed by atoms with van der Waals surface area (Å²) in [5.74, 6) is -0.504. The molecule has 196 valence electrons. The molecule has 0 radical (unpaired) electrons. The second-order valence-electron chi connectivity index (χ2n) is 8.10. The van der Waals surface area contributed by atoms with Crippen LogP contribution in [0.5, 0.6) is 17.5 Å². The van der Waals surface area contributed by atoms with Crippen molar-refractivity contribution in [1.29, 1.82) is 0 Å². The molecule has 0 fully saturated rings. The van der Waals surface area contributed by atoms with E-state index in [9.17, 15) is 27.9 Å². The summed E-state index contributed by atoms with van der Waals surface area (Å²) < 4.78 is 51.5. The van der Waals surface area contributed by atoms with E-state index in [4.69, 9.17) is 4.74 Å². The molecule has 4 aromatic rings. The molecule has 0 aliphatic rings. The van der Waals surface area contributed by atoms with Crippen LogP contribution in [0.3, 0.4) is 0 Å². The molecule has 2 aromatic carbocycles. The number of ether oxygens (including phenoxy) is 2. The monoisotopic (exact) mass is 582 g/mol. The Balaban J connectivity index is 1.86. The van der Waals surface area contributed by atoms with Crippen LogP contribution in [0, 0.1) is 0 Å². The largest absolute Gasteiger partial charge is 0.573 e. The minimum absolute atomic E-state index is 0.00388. The molecular formula is C24H22BrF3N4O5. The van der Waals surface area contributed by atoms with Crippen LogP contribution in [0.15, 0.2) is 58.1 Å². The summed E-state index contributed by atoms with van der Waals surface area (Å²) in [7, 11) is 1.45. The fourth-order valence-corrected chi connectivity index (χ4v) is 4.13. The van der Waals surface area contributed by atoms with E-state index >= 15 is 0 Å². The summed E-state index contributed by atoms with van der Waals surface area (Å²) in [6, 6.07) is 12.3. The Morgan fingerprint density at radius 3 is 2.35 bits per heavy atom. The van der Waals surface area contributed by atoms with Crippen molar-refractivity contribution in [2.45, 2.75) is 31.2 Å². The Bertz CT molecular complexity index is 1530. The maximum absolute atomic E-state index is 13.4. The molecule has 0 atom stereocenters. The average molecular weight is 583 g/mol. The summed E-state index contributed by atoms with van der Waals surface area (Å²) in [5, 5.41) is 9.86. The number of aromatic nitrogens is 4. The molecule has 2 aromatic heterocycles. The molecule has 2 heterocycles. The lowest BCUT2D eigenvalue weighted by Crippen LogP contribution is -2.39. The van der Waals surface area contributed by atoms with Gasteiger partial charge in [0.05, 0.1) is 6.54 Å². The standard InChI is InChI=1S/C24H22BrF3N4O5/c1-30-20-19(21(34)31(23(30)35)10-3-11-33)32(14-16-8-6-15(13-25)7-9-16)22(29-20)36-17-4-2-5-18(12-17)37-24(26,27)28/h2,4-9,12,33H,3,10-11,13-14H2,1H3. The minimum Gasteiger partial charge on any atom is -0.425 e. The van der Waals surface area contributed by atoms with Crippen LogP contribution in [-0.4, -0.2) is 36.8 Å². The van der Waals surface area contributed by atoms with Gasteiger partial charge in [-0.2, -0.15) is 4.98 Å². The normalized spacial score (nSPS) is 11.7. The number of fused-ring (bicyclic) bond motifs is 1. The number of benzene rings is 2. The van der Waals surface area contributed by atoms with Crippen LogP contribution < -0.4 is 20.7 Å². The van der Waals surface area contributed by atoms with Crippen molar-refractivity contribution in [3.63, 3.8) is 0 Å². The molecule has 4 rings (SSSR count). The van der Waals surface area contributed by atoms with Gasteiger partial charge in [0.25, 0.3) is 5.56 Å². The van der Waals surface area contributed by atoms with Gasteiger partial charge in [-0.05, 0) is 29.7 Å². The van der Waals surface area contributed by atoms with Gasteiger partial charge in [0.1, 0.15) is 11.5 Å². The zero-order chi connectivity index (χ0) is 26.7. The van der Waals surface area contributed by atoms with Gasteiger partial charge in [-0.1, -0.05) is 46.3 Å². The quantitative estimate of drug-likeness (QED) is 0.300. The maximum atomic E-state index is 13.4. The third kappa shape index (κ3) is 5.88. The first kappa shape index (κ1) is 26.5. The number of aliphatic hydroxyl groups is 1. The third-order valence-electron chi connectivity index (χ3n) is 5.50. The van der Waals surface area contributed by atoms with E-state index in [-0.39, 0.29) is 49.0 Å². The Morgan fingerprint density at radius 2 is 1.70 bits per heavy atom. The molecular weight excluding hydrogens is 561 g/mol. The van der Waals surface area contributed by atoms with E-state index in [0.717, 1.165) is 27.8 Å². The maximum Gasteiger partial charge on any atom is 0.573 e. The number of hydrogen-bond acceptors (Lipinski definition) is 6. The summed E-state index contributed by atoms with van der Waals surface area (Å²) >= 11 is 3.39. The molecule has 0 amide bonds. The Kier molecular flexibility index (Phi) is 7.73. The van der Waals surface area contributed by atoms with Crippen molar-refractivity contribution >= 4 is 27.1 Å². The van der Waals surface area contributed by atoms with Gasteiger partial charge in [-0.25, -0.2) is 4.79 Å². The molecule has 0 spiro atoms. The first-order valence-corrected chi connectivity index (χ1v) is 12.2. The van der Waals surface area contributed by atoms with Gasteiger partial charge < -0.3 is 14.6 Å². The highest BCUT2D eigenvalue weighted by molar-refractivity contribution is 9.08. The molecule has 0 bridgehead atoms. The van der Waals surface area contributed by atoms with Crippen molar-refractivity contribution in [2.24, 2.45) is 7.05 Å². The second kappa shape index (κ2) is 10.8. The third-order valence-corrected chi connectivity index (χ3v) is 6.15. The lowest BCUT2D eigenvalue weighted by Gasteiger charge is -2.13. The number of nitrogens with zero attached hydrogens (tertiary/aromatic N) is 4. The number of rotatable bonds is 9. The van der Waals surface area contributed by atoms with Crippen molar-refractivity contribution in [3.05, 3.63) is 80.5 Å². The van der Waals surface area contributed by atoms with E-state index in [0.29, 0.717) is 5.33 Å². The predicted molar refractivity (Wildman–Crippen MR) is 132 cm³/mol. The number of aliphatic hydroxyl groups excluding tert-OH is 1. The van der Waals surface area contributed by atoms with Crippen LogP contribution in [0.2, 0.25) is 0 Å². The average Bonchev–Trinajstić information content (AvgIpc) is 3.20. The fourth-order valence-electron chi connectivity index (χ4n) is 3.76. The van der Waals surface area contributed by atoms with E-state index in [1.165, 1.54) is 28.3 Å². The second-order valence-corrected chi connectivity index (χ2v) is 8.66. The summed E-state index contributed by atoms with van der Waals surface area (Å²) in [6.07, 6.45) is -4.69. The first-order valence-electron chi connectivity index (χ1n) is 11.1. The number of hydrogen-bond donors (Lipinski definition) is 1. The van der Waals surface area contributed by atoms with Crippen molar-refractivity contribution in [1.82, 2.24) is 18.7 Å². The zero-order valence-electron chi connectivity index (χ0n) is 19.5. The molecule has 9 nitrogen and oxygen atoms in total. The highest BCUT2D eigenvalue weighted by Crippen LogP contribution is 2.30. The molecule has 0 saturated carbocycles. The van der Waals surface area contributed by atoms with Gasteiger partial charge in [0, 0.05) is 31.6 Å². The SMILES string of the molecule is Cn1c(=O)n(CCCO)c(=O)c2c1nc(Oc1cccc(OC(F)(F)F)c1)n2Cc1ccc(CBr)cc1. The summed E-state index contributed by atoms with van der Waals surface area (Å²) in [5.41, 5.74) is 0.695. The van der Waals surface area contributed by atoms with Crippen LogP contribution in [0.1, 0.15) is 17.5 Å². The van der Waals surface area contributed by atoms with E-state index < -0.39 is 23.4 Å². The van der Waals surface area contributed by atoms with E-state index in [1.807, 2.05) is 24.3 Å². The lowest BCUT2D eigenvalue weighted by molar-refractivity contribution is -0.274. The molecule has 13 heteroatoms. The van der Waals surface area contributed by atoms with Crippen molar-refractivity contribution in [2.75, 3.05) is 6.61 Å². The lowest BCUT2D eigenvalue weighted by atomic mass is 10.1. The van der Waals surface area contributed by atoms with Crippen molar-refractivity contribution in [3.8, 4) is 17.5 Å². The number of aryl methyl sites for hydroxylation is 1. The smallest absolute Gasteiger partial charge is 0.425 e. The van der Waals surface area contributed by atoms with Gasteiger partial charge in [-0.3, -0.25) is 18.5 Å². The Hall–Kier alpha value is -3.58. The van der Waals surface area contributed by atoms with E-state index in [2.05, 4.69) is 25.7 Å². The summed E-state index contributed by atoms with van der Waals surface area (Å²) in [6.45, 7) is -0.0891. The highest BCUT2D eigenvalue weighted by Gasteiger charge is 2.31. The van der Waals surface area contributed by atoms with Crippen LogP contribution in [-0.2, 0) is 25.5 Å². The molecule has 0 saturated heterocycles. The Morgan fingerprint density at radius 1 is 1.03 bits per heavy atom. The number of alkyl halides is 4. The number of halogens is 4. The predicted octanol–water partition coefficient (Wildman–Crippen LogP) is 3.91. The molecule has 0 aliphatic heterocycles. The summed E-state index contributed by atoms with van der Waals surface area (Å²) in [4.78, 5) is 30.6. The van der Waals surface area contributed by atoms with Gasteiger partial charge in [0.15, 0.2) is 11.2 Å². The molecule has 0 unspecified atom stereocenters. The van der Waals surface area contributed by atoms with Gasteiger partial charge in [0.2, 0.25) is 0 Å². The topological polar surface area (TPSA) is 101 Å².